The molecule has 25 heavy (non-hydrogen) atoms. The summed E-state index contributed by atoms with van der Waals surface area (Å²) in [6.45, 7) is 5.22. The van der Waals surface area contributed by atoms with Gasteiger partial charge in [-0.1, -0.05) is 60.7 Å². The third kappa shape index (κ3) is 4.15. The molecular weight excluding hydrogens is 310 g/mol. The Morgan fingerprint density at radius 1 is 1.00 bits per heavy atom. The number of hydrogen-bond acceptors (Lipinski definition) is 2. The number of rotatable bonds is 6. The molecule has 1 aromatic heterocycles. The van der Waals surface area contributed by atoms with Crippen molar-refractivity contribution in [3.05, 3.63) is 89.2 Å². The van der Waals surface area contributed by atoms with Crippen molar-refractivity contribution < 1.29 is 4.79 Å². The molecule has 0 aliphatic carbocycles. The number of nitrogens with zero attached hydrogens (tertiary/aromatic N) is 2. The number of hydrogen-bond donors (Lipinski definition) is 1. The molecule has 0 aliphatic rings. The van der Waals surface area contributed by atoms with Crippen LogP contribution in [0.2, 0.25) is 0 Å². The van der Waals surface area contributed by atoms with Crippen LogP contribution in [0.25, 0.3) is 0 Å². The Hall–Kier alpha value is -2.88. The summed E-state index contributed by atoms with van der Waals surface area (Å²) in [4.78, 5) is 12.9. The number of benzene rings is 2. The van der Waals surface area contributed by atoms with Gasteiger partial charge in [-0.2, -0.15) is 5.10 Å². The van der Waals surface area contributed by atoms with Crippen LogP contribution in [0.15, 0.2) is 66.7 Å². The quantitative estimate of drug-likeness (QED) is 0.751. The predicted molar refractivity (Wildman–Crippen MR) is 99.4 cm³/mol. The van der Waals surface area contributed by atoms with E-state index in [0.29, 0.717) is 13.1 Å². The lowest BCUT2D eigenvalue weighted by Gasteiger charge is -2.18. The van der Waals surface area contributed by atoms with Crippen LogP contribution in [-0.2, 0) is 11.3 Å². The summed E-state index contributed by atoms with van der Waals surface area (Å²) < 4.78 is 1.93. The van der Waals surface area contributed by atoms with Crippen molar-refractivity contribution in [2.45, 2.75) is 26.3 Å². The third-order valence-electron chi connectivity index (χ3n) is 4.25. The van der Waals surface area contributed by atoms with Crippen LogP contribution < -0.4 is 5.32 Å². The van der Waals surface area contributed by atoms with Crippen molar-refractivity contribution in [1.82, 2.24) is 15.1 Å². The lowest BCUT2D eigenvalue weighted by molar-refractivity contribution is -0.121. The minimum Gasteiger partial charge on any atom is -0.353 e. The summed E-state index contributed by atoms with van der Waals surface area (Å²) in [5.74, 6) is -0.290. The second-order valence-corrected chi connectivity index (χ2v) is 6.20. The average Bonchev–Trinajstić information content (AvgIpc) is 2.94. The first-order valence-corrected chi connectivity index (χ1v) is 8.54. The summed E-state index contributed by atoms with van der Waals surface area (Å²) >= 11 is 0. The summed E-state index contributed by atoms with van der Waals surface area (Å²) in [5, 5.41) is 7.50. The first-order valence-electron chi connectivity index (χ1n) is 8.54. The van der Waals surface area contributed by atoms with E-state index < -0.39 is 0 Å². The highest BCUT2D eigenvalue weighted by atomic mass is 16.1. The smallest absolute Gasteiger partial charge is 0.232 e. The fourth-order valence-corrected chi connectivity index (χ4v) is 3.07. The van der Waals surface area contributed by atoms with E-state index in [4.69, 9.17) is 0 Å². The molecule has 4 heteroatoms. The molecule has 3 rings (SSSR count). The van der Waals surface area contributed by atoms with E-state index in [9.17, 15) is 4.79 Å². The molecule has 0 unspecified atom stereocenters. The molecular formula is C21H23N3O. The number of nitrogens with one attached hydrogen (secondary N) is 1. The molecule has 0 saturated carbocycles. The highest BCUT2D eigenvalue weighted by Gasteiger charge is 2.22. The zero-order valence-corrected chi connectivity index (χ0v) is 14.6. The Bertz CT molecular complexity index is 785. The van der Waals surface area contributed by atoms with Crippen molar-refractivity contribution in [1.29, 1.82) is 0 Å². The standard InChI is InChI=1S/C21H23N3O/c1-16-15-17(2)24(23-16)14-13-22-21(25)20(18-9-5-3-6-10-18)19-11-7-4-8-12-19/h3-12,15,20H,13-14H2,1-2H3,(H,22,25). The van der Waals surface area contributed by atoms with Gasteiger partial charge in [0.1, 0.15) is 0 Å². The minimum absolute atomic E-state index is 0.0129. The summed E-state index contributed by atoms with van der Waals surface area (Å²) in [5.41, 5.74) is 4.10. The summed E-state index contributed by atoms with van der Waals surface area (Å²) in [7, 11) is 0. The number of amides is 1. The maximum atomic E-state index is 12.9. The van der Waals surface area contributed by atoms with E-state index >= 15 is 0 Å². The second-order valence-electron chi connectivity index (χ2n) is 6.20. The molecule has 0 saturated heterocycles. The molecule has 0 bridgehead atoms. The molecule has 128 valence electrons. The third-order valence-corrected chi connectivity index (χ3v) is 4.25. The maximum absolute atomic E-state index is 12.9. The van der Waals surface area contributed by atoms with Crippen molar-refractivity contribution in [3.8, 4) is 0 Å². The van der Waals surface area contributed by atoms with Crippen LogP contribution in [0.3, 0.4) is 0 Å². The lowest BCUT2D eigenvalue weighted by Crippen LogP contribution is -2.32. The fraction of sp³-hybridized carbons (Fsp3) is 0.238. The Labute approximate surface area is 148 Å². The molecule has 0 aliphatic heterocycles. The summed E-state index contributed by atoms with van der Waals surface area (Å²) in [6.07, 6.45) is 0. The largest absolute Gasteiger partial charge is 0.353 e. The van der Waals surface area contributed by atoms with E-state index in [2.05, 4.69) is 10.4 Å². The number of aromatic nitrogens is 2. The second kappa shape index (κ2) is 7.79. The SMILES string of the molecule is Cc1cc(C)n(CCNC(=O)C(c2ccccc2)c2ccccc2)n1. The maximum Gasteiger partial charge on any atom is 0.232 e. The van der Waals surface area contributed by atoms with Gasteiger partial charge in [0.05, 0.1) is 18.2 Å². The van der Waals surface area contributed by atoms with Crippen molar-refractivity contribution >= 4 is 5.91 Å². The Morgan fingerprint density at radius 2 is 1.56 bits per heavy atom. The van der Waals surface area contributed by atoms with Crippen molar-refractivity contribution in [3.63, 3.8) is 0 Å². The zero-order valence-electron chi connectivity index (χ0n) is 14.6. The number of aryl methyl sites for hydroxylation is 2. The molecule has 1 heterocycles. The highest BCUT2D eigenvalue weighted by molar-refractivity contribution is 5.87. The van der Waals surface area contributed by atoms with Crippen LogP contribution in [-0.4, -0.2) is 22.2 Å². The van der Waals surface area contributed by atoms with Crippen molar-refractivity contribution in [2.75, 3.05) is 6.54 Å². The van der Waals surface area contributed by atoms with Gasteiger partial charge in [0.2, 0.25) is 5.91 Å². The van der Waals surface area contributed by atoms with Crippen LogP contribution in [0.4, 0.5) is 0 Å². The first-order chi connectivity index (χ1) is 12.1. The van der Waals surface area contributed by atoms with Crippen LogP contribution in [0, 0.1) is 13.8 Å². The average molecular weight is 333 g/mol. The minimum atomic E-state index is -0.303. The van der Waals surface area contributed by atoms with E-state index in [1.807, 2.05) is 85.3 Å². The van der Waals surface area contributed by atoms with E-state index in [0.717, 1.165) is 22.5 Å². The van der Waals surface area contributed by atoms with E-state index in [-0.39, 0.29) is 11.8 Å². The van der Waals surface area contributed by atoms with Gasteiger partial charge in [-0.15, -0.1) is 0 Å². The molecule has 4 nitrogen and oxygen atoms in total. The van der Waals surface area contributed by atoms with Crippen LogP contribution >= 0.6 is 0 Å². The molecule has 3 aromatic rings. The van der Waals surface area contributed by atoms with Gasteiger partial charge < -0.3 is 5.32 Å². The van der Waals surface area contributed by atoms with Gasteiger partial charge in [-0.05, 0) is 31.0 Å². The van der Waals surface area contributed by atoms with E-state index in [1.165, 1.54) is 0 Å². The monoisotopic (exact) mass is 333 g/mol. The molecule has 0 fully saturated rings. The Morgan fingerprint density at radius 3 is 2.04 bits per heavy atom. The molecule has 1 N–H and O–H groups in total. The zero-order chi connectivity index (χ0) is 17.6. The molecule has 1 amide bonds. The molecule has 2 aromatic carbocycles. The lowest BCUT2D eigenvalue weighted by atomic mass is 9.90. The topological polar surface area (TPSA) is 46.9 Å². The van der Waals surface area contributed by atoms with Gasteiger partial charge in [0.25, 0.3) is 0 Å². The Kier molecular flexibility index (Phi) is 5.29. The Balaban J connectivity index is 1.72. The fourth-order valence-electron chi connectivity index (χ4n) is 3.07. The summed E-state index contributed by atoms with van der Waals surface area (Å²) in [6, 6.07) is 21.8. The van der Waals surface area contributed by atoms with Gasteiger partial charge in [0.15, 0.2) is 0 Å². The van der Waals surface area contributed by atoms with Crippen LogP contribution in [0.1, 0.15) is 28.4 Å². The van der Waals surface area contributed by atoms with Gasteiger partial charge in [0, 0.05) is 12.2 Å². The first kappa shape index (κ1) is 17.0. The number of carbonyl (C=O) groups is 1. The molecule has 0 spiro atoms. The van der Waals surface area contributed by atoms with Crippen molar-refractivity contribution in [2.24, 2.45) is 0 Å². The molecule has 0 atom stereocenters. The van der Waals surface area contributed by atoms with Gasteiger partial charge >= 0.3 is 0 Å². The van der Waals surface area contributed by atoms with Gasteiger partial charge in [-0.25, -0.2) is 0 Å². The van der Waals surface area contributed by atoms with E-state index in [1.54, 1.807) is 0 Å². The highest BCUT2D eigenvalue weighted by Crippen LogP contribution is 2.24. The predicted octanol–water partition coefficient (Wildman–Crippen LogP) is 3.45. The number of carbonyl (C=O) groups excluding carboxylic acids is 1. The van der Waals surface area contributed by atoms with Crippen LogP contribution in [0.5, 0.6) is 0 Å². The molecule has 0 radical (unpaired) electrons. The normalized spacial score (nSPS) is 10.8. The van der Waals surface area contributed by atoms with Gasteiger partial charge in [-0.3, -0.25) is 9.48 Å².